The number of nitrogens with zero attached hydrogens (tertiary/aromatic N) is 3. The SMILES string of the molecule is C=CCN1C(=O)C2(C(C#N)=C(N)Oc3cc(C)n(CC=C)c(=O)c32)c2ccccc21. The number of rotatable bonds is 4. The molecule has 2 aliphatic rings. The van der Waals surface area contributed by atoms with Crippen molar-refractivity contribution >= 4 is 11.6 Å². The Hall–Kier alpha value is -4.05. The molecule has 2 aliphatic heterocycles. The van der Waals surface area contributed by atoms with Crippen molar-refractivity contribution < 1.29 is 9.53 Å². The molecule has 0 saturated carbocycles. The normalized spacial score (nSPS) is 19.2. The third-order valence-corrected chi connectivity index (χ3v) is 5.59. The van der Waals surface area contributed by atoms with Gasteiger partial charge in [-0.25, -0.2) is 0 Å². The first kappa shape index (κ1) is 19.3. The summed E-state index contributed by atoms with van der Waals surface area (Å²) in [7, 11) is 0. The number of hydrogen-bond acceptors (Lipinski definition) is 5. The van der Waals surface area contributed by atoms with E-state index in [1.54, 1.807) is 49.4 Å². The summed E-state index contributed by atoms with van der Waals surface area (Å²) in [5.41, 5.74) is 5.76. The molecule has 2 aromatic rings. The third-order valence-electron chi connectivity index (χ3n) is 5.59. The number of fused-ring (bicyclic) bond motifs is 4. The number of carbonyl (C=O) groups is 1. The maximum Gasteiger partial charge on any atom is 0.259 e. The van der Waals surface area contributed by atoms with Gasteiger partial charge in [0.2, 0.25) is 11.8 Å². The molecular formula is C23H20N4O3. The van der Waals surface area contributed by atoms with Gasteiger partial charge in [-0.2, -0.15) is 5.26 Å². The van der Waals surface area contributed by atoms with Crippen molar-refractivity contribution in [1.29, 1.82) is 5.26 Å². The number of nitriles is 1. The minimum Gasteiger partial charge on any atom is -0.440 e. The van der Waals surface area contributed by atoms with Gasteiger partial charge in [0.25, 0.3) is 5.56 Å². The Bertz CT molecular complexity index is 1250. The van der Waals surface area contributed by atoms with Gasteiger partial charge in [-0.15, -0.1) is 13.2 Å². The summed E-state index contributed by atoms with van der Waals surface area (Å²) in [5.74, 6) is -0.439. The van der Waals surface area contributed by atoms with E-state index >= 15 is 0 Å². The van der Waals surface area contributed by atoms with Gasteiger partial charge in [0.05, 0.1) is 5.56 Å². The lowest BCUT2D eigenvalue weighted by Gasteiger charge is -2.34. The molecule has 0 aliphatic carbocycles. The van der Waals surface area contributed by atoms with E-state index in [2.05, 4.69) is 13.2 Å². The lowest BCUT2D eigenvalue weighted by molar-refractivity contribution is -0.120. The number of benzene rings is 1. The van der Waals surface area contributed by atoms with Crippen LogP contribution in [0.4, 0.5) is 5.69 Å². The van der Waals surface area contributed by atoms with E-state index in [-0.39, 0.29) is 35.9 Å². The summed E-state index contributed by atoms with van der Waals surface area (Å²) in [5, 5.41) is 10.0. The van der Waals surface area contributed by atoms with Crippen LogP contribution < -0.4 is 20.9 Å². The van der Waals surface area contributed by atoms with E-state index in [9.17, 15) is 14.9 Å². The molecule has 0 bridgehead atoms. The van der Waals surface area contributed by atoms with E-state index in [4.69, 9.17) is 10.5 Å². The van der Waals surface area contributed by atoms with Gasteiger partial charge in [-0.1, -0.05) is 30.4 Å². The number of hydrogen-bond donors (Lipinski definition) is 1. The predicted octanol–water partition coefficient (Wildman–Crippen LogP) is 2.25. The molecule has 1 spiro atoms. The Morgan fingerprint density at radius 3 is 2.60 bits per heavy atom. The van der Waals surface area contributed by atoms with Gasteiger partial charge < -0.3 is 19.9 Å². The zero-order valence-electron chi connectivity index (χ0n) is 16.5. The number of aromatic nitrogens is 1. The number of allylic oxidation sites excluding steroid dienone is 1. The van der Waals surface area contributed by atoms with Crippen LogP contribution in [0.25, 0.3) is 0 Å². The Balaban J connectivity index is 2.20. The first-order valence-electron chi connectivity index (χ1n) is 9.39. The zero-order valence-corrected chi connectivity index (χ0v) is 16.5. The van der Waals surface area contributed by atoms with Gasteiger partial charge in [0.1, 0.15) is 17.4 Å². The monoisotopic (exact) mass is 400 g/mol. The summed E-state index contributed by atoms with van der Waals surface area (Å²) < 4.78 is 7.18. The molecule has 7 heteroatoms. The van der Waals surface area contributed by atoms with Crippen molar-refractivity contribution in [2.24, 2.45) is 5.73 Å². The molecule has 150 valence electrons. The zero-order chi connectivity index (χ0) is 21.6. The van der Waals surface area contributed by atoms with Gasteiger partial charge >= 0.3 is 0 Å². The molecule has 3 heterocycles. The predicted molar refractivity (Wildman–Crippen MR) is 113 cm³/mol. The number of nitrogens with two attached hydrogens (primary N) is 1. The molecule has 0 saturated heterocycles. The second-order valence-electron chi connectivity index (χ2n) is 7.15. The molecule has 0 radical (unpaired) electrons. The van der Waals surface area contributed by atoms with Crippen LogP contribution in [0.15, 0.2) is 71.9 Å². The van der Waals surface area contributed by atoms with Crippen LogP contribution in [0, 0.1) is 18.3 Å². The average molecular weight is 400 g/mol. The first-order valence-corrected chi connectivity index (χ1v) is 9.39. The van der Waals surface area contributed by atoms with Gasteiger partial charge in [-0.05, 0) is 13.0 Å². The summed E-state index contributed by atoms with van der Waals surface area (Å²) in [6.07, 6.45) is 3.19. The molecule has 7 nitrogen and oxygen atoms in total. The number of aryl methyl sites for hydroxylation is 1. The van der Waals surface area contributed by atoms with E-state index in [1.807, 2.05) is 6.07 Å². The van der Waals surface area contributed by atoms with Gasteiger partial charge in [0, 0.05) is 36.1 Å². The van der Waals surface area contributed by atoms with Crippen molar-refractivity contribution in [1.82, 2.24) is 4.57 Å². The Morgan fingerprint density at radius 1 is 1.23 bits per heavy atom. The van der Waals surface area contributed by atoms with Crippen molar-refractivity contribution in [3.05, 3.63) is 94.3 Å². The van der Waals surface area contributed by atoms with Crippen LogP contribution in [0.3, 0.4) is 0 Å². The minimum absolute atomic E-state index is 0.0877. The van der Waals surface area contributed by atoms with Crippen LogP contribution in [-0.4, -0.2) is 17.0 Å². The lowest BCUT2D eigenvalue weighted by atomic mass is 9.69. The maximum absolute atomic E-state index is 13.9. The quantitative estimate of drug-likeness (QED) is 0.793. The Kier molecular flexibility index (Phi) is 4.35. The number of ether oxygens (including phenoxy) is 1. The number of carbonyl (C=O) groups excluding carboxylic acids is 1. The fraction of sp³-hybridized carbons (Fsp3) is 0.174. The summed E-state index contributed by atoms with van der Waals surface area (Å²) in [4.78, 5) is 29.1. The van der Waals surface area contributed by atoms with Crippen molar-refractivity contribution in [2.75, 3.05) is 11.4 Å². The number of pyridine rings is 1. The lowest BCUT2D eigenvalue weighted by Crippen LogP contribution is -2.50. The number of para-hydroxylation sites is 1. The Labute approximate surface area is 173 Å². The number of amides is 1. The molecule has 1 amide bonds. The molecule has 1 unspecified atom stereocenters. The largest absolute Gasteiger partial charge is 0.440 e. The molecule has 0 fully saturated rings. The highest BCUT2D eigenvalue weighted by atomic mass is 16.5. The smallest absolute Gasteiger partial charge is 0.259 e. The molecule has 4 rings (SSSR count). The second-order valence-corrected chi connectivity index (χ2v) is 7.15. The fourth-order valence-electron chi connectivity index (χ4n) is 4.39. The fourth-order valence-corrected chi connectivity index (χ4v) is 4.39. The Morgan fingerprint density at radius 2 is 1.93 bits per heavy atom. The van der Waals surface area contributed by atoms with E-state index < -0.39 is 16.9 Å². The summed E-state index contributed by atoms with van der Waals surface area (Å²) in [6, 6.07) is 10.8. The van der Waals surface area contributed by atoms with Gasteiger partial charge in [-0.3, -0.25) is 9.59 Å². The maximum atomic E-state index is 13.9. The highest BCUT2D eigenvalue weighted by molar-refractivity contribution is 6.14. The average Bonchev–Trinajstić information content (AvgIpc) is 2.95. The highest BCUT2D eigenvalue weighted by Crippen LogP contribution is 2.54. The molecule has 30 heavy (non-hydrogen) atoms. The molecule has 1 aromatic heterocycles. The van der Waals surface area contributed by atoms with Crippen LogP contribution in [0.1, 0.15) is 16.8 Å². The van der Waals surface area contributed by atoms with E-state index in [0.717, 1.165) is 0 Å². The molecular weight excluding hydrogens is 380 g/mol. The standard InChI is InChI=1S/C23H20N4O3/c1-4-10-26-14(3)12-18-19(21(26)28)23(16(13-24)20(25)30-18)15-8-6-7-9-17(15)27(11-5-2)22(23)29/h4-9,12H,1-2,10-11,25H2,3H3. The molecule has 1 atom stereocenters. The van der Waals surface area contributed by atoms with Crippen molar-refractivity contribution in [3.63, 3.8) is 0 Å². The second kappa shape index (κ2) is 6.78. The van der Waals surface area contributed by atoms with Crippen LogP contribution in [0.2, 0.25) is 0 Å². The van der Waals surface area contributed by atoms with Crippen molar-refractivity contribution in [3.8, 4) is 11.8 Å². The number of anilines is 1. The molecule has 1 aromatic carbocycles. The minimum atomic E-state index is -1.68. The van der Waals surface area contributed by atoms with Crippen LogP contribution in [-0.2, 0) is 16.8 Å². The first-order chi connectivity index (χ1) is 14.4. The molecule has 2 N–H and O–H groups in total. The van der Waals surface area contributed by atoms with Crippen LogP contribution in [0.5, 0.6) is 5.75 Å². The van der Waals surface area contributed by atoms with E-state index in [0.29, 0.717) is 16.9 Å². The van der Waals surface area contributed by atoms with Crippen molar-refractivity contribution in [2.45, 2.75) is 18.9 Å². The summed E-state index contributed by atoms with van der Waals surface area (Å²) in [6.45, 7) is 9.68. The topological polar surface area (TPSA) is 101 Å². The highest BCUT2D eigenvalue weighted by Gasteiger charge is 2.60. The van der Waals surface area contributed by atoms with E-state index in [1.165, 1.54) is 9.47 Å². The van der Waals surface area contributed by atoms with Gasteiger partial charge in [0.15, 0.2) is 5.41 Å². The van der Waals surface area contributed by atoms with Crippen LogP contribution >= 0.6 is 0 Å². The summed E-state index contributed by atoms with van der Waals surface area (Å²) >= 11 is 0. The third kappa shape index (κ3) is 2.25.